The molecule has 1 aromatic rings. The predicted octanol–water partition coefficient (Wildman–Crippen LogP) is 3.00. The average Bonchev–Trinajstić information content (AvgIpc) is 2.28. The van der Waals surface area contributed by atoms with Crippen LogP contribution in [0.25, 0.3) is 5.57 Å². The number of hydrogen-bond acceptors (Lipinski definition) is 2. The second-order valence-electron chi connectivity index (χ2n) is 3.26. The van der Waals surface area contributed by atoms with E-state index in [0.717, 1.165) is 0 Å². The van der Waals surface area contributed by atoms with Gasteiger partial charge in [0.05, 0.1) is 5.03 Å². The number of benzene rings is 1. The van der Waals surface area contributed by atoms with Gasteiger partial charge in [0.2, 0.25) is 11.6 Å². The van der Waals surface area contributed by atoms with Gasteiger partial charge in [-0.1, -0.05) is 35.3 Å². The summed E-state index contributed by atoms with van der Waals surface area (Å²) in [4.78, 5) is 23.0. The summed E-state index contributed by atoms with van der Waals surface area (Å²) in [5.41, 5.74) is 0.995. The fraction of sp³-hybridized carbons (Fsp3) is 0. The van der Waals surface area contributed by atoms with Crippen molar-refractivity contribution in [2.24, 2.45) is 0 Å². The first-order chi connectivity index (χ1) is 7.59. The maximum absolute atomic E-state index is 11.6. The normalized spacial score (nSPS) is 15.9. The van der Waals surface area contributed by atoms with Crippen LogP contribution >= 0.6 is 23.2 Å². The van der Waals surface area contributed by atoms with E-state index in [2.05, 4.69) is 0 Å². The number of carbonyl (C=O) groups excluding carboxylic acids is 2. The molecule has 0 saturated heterocycles. The SMILES string of the molecule is O=C1C(=O)C(c2ccc(Cl)cc2)=CC=C1Cl. The Morgan fingerprint density at radius 1 is 0.812 bits per heavy atom. The van der Waals surface area contributed by atoms with Crippen molar-refractivity contribution in [1.29, 1.82) is 0 Å². The Balaban J connectivity index is 2.46. The first-order valence-electron chi connectivity index (χ1n) is 4.52. The highest BCUT2D eigenvalue weighted by Crippen LogP contribution is 2.24. The Kier molecular flexibility index (Phi) is 2.95. The predicted molar refractivity (Wildman–Crippen MR) is 63.4 cm³/mol. The molecule has 0 aliphatic heterocycles. The number of carbonyl (C=O) groups is 2. The van der Waals surface area contributed by atoms with Gasteiger partial charge >= 0.3 is 0 Å². The van der Waals surface area contributed by atoms with Gasteiger partial charge < -0.3 is 0 Å². The first-order valence-corrected chi connectivity index (χ1v) is 5.27. The molecule has 0 atom stereocenters. The van der Waals surface area contributed by atoms with Crippen LogP contribution in [0.3, 0.4) is 0 Å². The van der Waals surface area contributed by atoms with Crippen LogP contribution in [0, 0.1) is 0 Å². The van der Waals surface area contributed by atoms with Gasteiger partial charge in [0.25, 0.3) is 0 Å². The molecule has 0 spiro atoms. The molecule has 4 heteroatoms. The summed E-state index contributed by atoms with van der Waals surface area (Å²) >= 11 is 11.3. The number of ketones is 2. The molecule has 80 valence electrons. The standard InChI is InChI=1S/C12H6Cl2O2/c13-8-3-1-7(2-4-8)9-5-6-10(14)12(16)11(9)15/h1-6H. The maximum atomic E-state index is 11.6. The number of rotatable bonds is 1. The summed E-state index contributed by atoms with van der Waals surface area (Å²) < 4.78 is 0. The minimum atomic E-state index is -0.672. The van der Waals surface area contributed by atoms with Crippen molar-refractivity contribution in [2.45, 2.75) is 0 Å². The minimum absolute atomic E-state index is 0.0530. The van der Waals surface area contributed by atoms with Gasteiger partial charge in [0.1, 0.15) is 0 Å². The van der Waals surface area contributed by atoms with E-state index in [1.54, 1.807) is 24.3 Å². The zero-order valence-corrected chi connectivity index (χ0v) is 9.55. The third-order valence-corrected chi connectivity index (χ3v) is 2.77. The monoisotopic (exact) mass is 252 g/mol. The summed E-state index contributed by atoms with van der Waals surface area (Å²) in [5.74, 6) is -1.26. The van der Waals surface area contributed by atoms with Gasteiger partial charge in [-0.3, -0.25) is 9.59 Å². The molecule has 0 heterocycles. The molecule has 0 radical (unpaired) electrons. The molecule has 2 nitrogen and oxygen atoms in total. The van der Waals surface area contributed by atoms with Crippen LogP contribution in [0.2, 0.25) is 5.02 Å². The van der Waals surface area contributed by atoms with Crippen LogP contribution < -0.4 is 0 Å². The number of Topliss-reactive ketones (excluding diaryl/α,β-unsaturated/α-hetero) is 2. The zero-order chi connectivity index (χ0) is 11.7. The molecule has 0 amide bonds. The number of halogens is 2. The highest BCUT2D eigenvalue weighted by atomic mass is 35.5. The Bertz CT molecular complexity index is 524. The smallest absolute Gasteiger partial charge is 0.244 e. The lowest BCUT2D eigenvalue weighted by atomic mass is 9.95. The molecule has 1 aromatic carbocycles. The van der Waals surface area contributed by atoms with E-state index >= 15 is 0 Å². The van der Waals surface area contributed by atoms with E-state index in [4.69, 9.17) is 23.2 Å². The van der Waals surface area contributed by atoms with E-state index in [0.29, 0.717) is 16.2 Å². The summed E-state index contributed by atoms with van der Waals surface area (Å²) in [6, 6.07) is 6.70. The molecule has 1 aliphatic carbocycles. The van der Waals surface area contributed by atoms with Crippen molar-refractivity contribution in [3.8, 4) is 0 Å². The molecule has 0 unspecified atom stereocenters. The number of hydrogen-bond donors (Lipinski definition) is 0. The quantitative estimate of drug-likeness (QED) is 0.569. The summed E-state index contributed by atoms with van der Waals surface area (Å²) in [6.07, 6.45) is 2.96. The van der Waals surface area contributed by atoms with Crippen molar-refractivity contribution >= 4 is 40.3 Å². The molecule has 0 N–H and O–H groups in total. The Hall–Kier alpha value is -1.38. The second-order valence-corrected chi connectivity index (χ2v) is 4.10. The van der Waals surface area contributed by atoms with Crippen LogP contribution in [0.15, 0.2) is 41.4 Å². The summed E-state index contributed by atoms with van der Waals surface area (Å²) in [5, 5.41) is 0.523. The molecule has 16 heavy (non-hydrogen) atoms. The largest absolute Gasteiger partial charge is 0.285 e. The lowest BCUT2D eigenvalue weighted by molar-refractivity contribution is -0.130. The molecule has 0 fully saturated rings. The highest BCUT2D eigenvalue weighted by molar-refractivity contribution is 6.67. The van der Waals surface area contributed by atoms with Crippen molar-refractivity contribution in [2.75, 3.05) is 0 Å². The molecular weight excluding hydrogens is 247 g/mol. The summed E-state index contributed by atoms with van der Waals surface area (Å²) in [6.45, 7) is 0. The van der Waals surface area contributed by atoms with E-state index in [-0.39, 0.29) is 5.03 Å². The highest BCUT2D eigenvalue weighted by Gasteiger charge is 2.25. The van der Waals surface area contributed by atoms with Gasteiger partial charge in [0, 0.05) is 10.6 Å². The number of allylic oxidation sites excluding steroid dienone is 4. The Labute approximate surface area is 102 Å². The molecular formula is C12H6Cl2O2. The average molecular weight is 253 g/mol. The summed E-state index contributed by atoms with van der Waals surface area (Å²) in [7, 11) is 0. The second kappa shape index (κ2) is 4.24. The maximum Gasteiger partial charge on any atom is 0.244 e. The Morgan fingerprint density at radius 3 is 2.06 bits per heavy atom. The fourth-order valence-corrected chi connectivity index (χ4v) is 1.67. The molecule has 0 bridgehead atoms. The van der Waals surface area contributed by atoms with Crippen LogP contribution in [0.1, 0.15) is 5.56 Å². The molecule has 0 aromatic heterocycles. The van der Waals surface area contributed by atoms with Crippen LogP contribution in [-0.4, -0.2) is 11.6 Å². The van der Waals surface area contributed by atoms with Crippen LogP contribution in [-0.2, 0) is 9.59 Å². The van der Waals surface area contributed by atoms with E-state index in [1.807, 2.05) is 0 Å². The lowest BCUT2D eigenvalue weighted by Gasteiger charge is -2.09. The molecule has 2 rings (SSSR count). The van der Waals surface area contributed by atoms with Crippen molar-refractivity contribution in [3.63, 3.8) is 0 Å². The molecule has 0 saturated carbocycles. The fourth-order valence-electron chi connectivity index (χ4n) is 1.40. The van der Waals surface area contributed by atoms with Gasteiger partial charge in [-0.15, -0.1) is 0 Å². The van der Waals surface area contributed by atoms with Gasteiger partial charge in [-0.25, -0.2) is 0 Å². The van der Waals surface area contributed by atoms with Crippen molar-refractivity contribution < 1.29 is 9.59 Å². The third kappa shape index (κ3) is 1.94. The van der Waals surface area contributed by atoms with Gasteiger partial charge in [-0.2, -0.15) is 0 Å². The van der Waals surface area contributed by atoms with E-state index < -0.39 is 11.6 Å². The van der Waals surface area contributed by atoms with E-state index in [9.17, 15) is 9.59 Å². The minimum Gasteiger partial charge on any atom is -0.285 e. The molecule has 1 aliphatic rings. The van der Waals surface area contributed by atoms with Gasteiger partial charge in [0.15, 0.2) is 0 Å². The third-order valence-electron chi connectivity index (χ3n) is 2.22. The van der Waals surface area contributed by atoms with Crippen LogP contribution in [0.5, 0.6) is 0 Å². The van der Waals surface area contributed by atoms with Crippen molar-refractivity contribution in [1.82, 2.24) is 0 Å². The topological polar surface area (TPSA) is 34.1 Å². The zero-order valence-electron chi connectivity index (χ0n) is 8.04. The lowest BCUT2D eigenvalue weighted by Crippen LogP contribution is -2.18. The van der Waals surface area contributed by atoms with E-state index in [1.165, 1.54) is 12.2 Å². The van der Waals surface area contributed by atoms with Crippen molar-refractivity contribution in [3.05, 3.63) is 52.0 Å². The van der Waals surface area contributed by atoms with Gasteiger partial charge in [-0.05, 0) is 29.8 Å². The Morgan fingerprint density at radius 2 is 1.44 bits per heavy atom. The van der Waals surface area contributed by atoms with Crippen LogP contribution in [0.4, 0.5) is 0 Å². The first kappa shape index (κ1) is 11.1.